The Morgan fingerprint density at radius 1 is 1.47 bits per heavy atom. The SMILES string of the molecule is Nc1cc(Br)ccc1NCc1nn[nH]n1. The van der Waals surface area contributed by atoms with Crippen molar-refractivity contribution in [3.05, 3.63) is 28.5 Å². The van der Waals surface area contributed by atoms with E-state index < -0.39 is 0 Å². The second kappa shape index (κ2) is 4.26. The first-order chi connectivity index (χ1) is 7.25. The molecule has 0 bridgehead atoms. The van der Waals surface area contributed by atoms with E-state index in [0.29, 0.717) is 18.1 Å². The molecule has 0 saturated carbocycles. The minimum absolute atomic E-state index is 0.488. The number of H-pyrrole nitrogens is 1. The molecule has 0 amide bonds. The number of benzene rings is 1. The first kappa shape index (κ1) is 9.91. The Morgan fingerprint density at radius 2 is 2.33 bits per heavy atom. The molecule has 1 aromatic carbocycles. The molecule has 0 spiro atoms. The van der Waals surface area contributed by atoms with Crippen molar-refractivity contribution in [3.8, 4) is 0 Å². The summed E-state index contributed by atoms with van der Waals surface area (Å²) < 4.78 is 0.949. The van der Waals surface area contributed by atoms with Crippen LogP contribution in [0.15, 0.2) is 22.7 Å². The number of tetrazole rings is 1. The van der Waals surface area contributed by atoms with Crippen LogP contribution >= 0.6 is 15.9 Å². The maximum absolute atomic E-state index is 5.80. The highest BCUT2D eigenvalue weighted by Gasteiger charge is 2.01. The van der Waals surface area contributed by atoms with E-state index in [1.54, 1.807) is 0 Å². The highest BCUT2D eigenvalue weighted by atomic mass is 79.9. The third-order valence-corrected chi connectivity index (χ3v) is 2.33. The summed E-state index contributed by atoms with van der Waals surface area (Å²) in [5.74, 6) is 0.595. The number of nitrogens with zero attached hydrogens (tertiary/aromatic N) is 3. The number of rotatable bonds is 3. The Bertz CT molecular complexity index is 440. The highest BCUT2D eigenvalue weighted by molar-refractivity contribution is 9.10. The van der Waals surface area contributed by atoms with Gasteiger partial charge in [0.05, 0.1) is 17.9 Å². The van der Waals surface area contributed by atoms with Gasteiger partial charge >= 0.3 is 0 Å². The van der Waals surface area contributed by atoms with Gasteiger partial charge in [0, 0.05) is 4.47 Å². The number of nitrogens with two attached hydrogens (primary N) is 1. The van der Waals surface area contributed by atoms with E-state index >= 15 is 0 Å². The van der Waals surface area contributed by atoms with E-state index in [0.717, 1.165) is 10.2 Å². The van der Waals surface area contributed by atoms with Gasteiger partial charge in [-0.25, -0.2) is 0 Å². The fraction of sp³-hybridized carbons (Fsp3) is 0.125. The molecule has 6 nitrogen and oxygen atoms in total. The minimum atomic E-state index is 0.488. The number of nitrogen functional groups attached to an aromatic ring is 1. The Kier molecular flexibility index (Phi) is 2.82. The average Bonchev–Trinajstić information content (AvgIpc) is 2.69. The van der Waals surface area contributed by atoms with Gasteiger partial charge in [-0.1, -0.05) is 21.1 Å². The molecule has 0 saturated heterocycles. The number of aromatic amines is 1. The van der Waals surface area contributed by atoms with Crippen molar-refractivity contribution in [2.75, 3.05) is 11.1 Å². The van der Waals surface area contributed by atoms with Gasteiger partial charge in [0.25, 0.3) is 0 Å². The zero-order chi connectivity index (χ0) is 10.7. The van der Waals surface area contributed by atoms with E-state index in [2.05, 4.69) is 41.9 Å². The second-order valence-electron chi connectivity index (χ2n) is 2.91. The van der Waals surface area contributed by atoms with Crippen LogP contribution in [0.1, 0.15) is 5.82 Å². The average molecular weight is 269 g/mol. The largest absolute Gasteiger partial charge is 0.397 e. The predicted octanol–water partition coefficient (Wildman–Crippen LogP) is 1.16. The first-order valence-electron chi connectivity index (χ1n) is 4.27. The molecule has 15 heavy (non-hydrogen) atoms. The number of anilines is 2. The summed E-state index contributed by atoms with van der Waals surface area (Å²) in [4.78, 5) is 0. The molecular weight excluding hydrogens is 260 g/mol. The van der Waals surface area contributed by atoms with Gasteiger partial charge in [-0.3, -0.25) is 0 Å². The molecule has 0 aliphatic heterocycles. The van der Waals surface area contributed by atoms with Crippen LogP contribution < -0.4 is 11.1 Å². The predicted molar refractivity (Wildman–Crippen MR) is 60.1 cm³/mol. The zero-order valence-corrected chi connectivity index (χ0v) is 9.32. The normalized spacial score (nSPS) is 10.2. The van der Waals surface area contributed by atoms with Crippen LogP contribution in [0.2, 0.25) is 0 Å². The number of aromatic nitrogens is 4. The van der Waals surface area contributed by atoms with Gasteiger partial charge in [0.2, 0.25) is 0 Å². The molecule has 1 heterocycles. The molecule has 0 radical (unpaired) electrons. The number of hydrogen-bond donors (Lipinski definition) is 3. The Labute approximate surface area is 94.4 Å². The number of nitrogens with one attached hydrogen (secondary N) is 2. The van der Waals surface area contributed by atoms with Crippen molar-refractivity contribution in [2.24, 2.45) is 0 Å². The zero-order valence-electron chi connectivity index (χ0n) is 7.74. The summed E-state index contributed by atoms with van der Waals surface area (Å²) in [6.45, 7) is 0.488. The summed E-state index contributed by atoms with van der Waals surface area (Å²) in [6.07, 6.45) is 0. The van der Waals surface area contributed by atoms with E-state index in [-0.39, 0.29) is 0 Å². The lowest BCUT2D eigenvalue weighted by molar-refractivity contribution is 0.881. The summed E-state index contributed by atoms with van der Waals surface area (Å²) in [5, 5.41) is 16.6. The first-order valence-corrected chi connectivity index (χ1v) is 5.06. The van der Waals surface area contributed by atoms with Crippen LogP contribution in [0.25, 0.3) is 0 Å². The minimum Gasteiger partial charge on any atom is -0.397 e. The van der Waals surface area contributed by atoms with Crippen molar-refractivity contribution in [2.45, 2.75) is 6.54 Å². The molecule has 2 rings (SSSR count). The lowest BCUT2D eigenvalue weighted by Crippen LogP contribution is -2.03. The molecule has 0 fully saturated rings. The maximum atomic E-state index is 5.80. The molecule has 0 unspecified atom stereocenters. The van der Waals surface area contributed by atoms with Gasteiger partial charge in [-0.05, 0) is 18.2 Å². The topological polar surface area (TPSA) is 92.5 Å². The smallest absolute Gasteiger partial charge is 0.193 e. The molecule has 2 aromatic rings. The maximum Gasteiger partial charge on any atom is 0.193 e. The highest BCUT2D eigenvalue weighted by Crippen LogP contribution is 2.23. The lowest BCUT2D eigenvalue weighted by atomic mass is 10.2. The number of halogens is 1. The molecule has 0 aliphatic carbocycles. The third kappa shape index (κ3) is 2.44. The Morgan fingerprint density at radius 3 is 3.00 bits per heavy atom. The molecule has 78 valence electrons. The van der Waals surface area contributed by atoms with Crippen LogP contribution in [0.3, 0.4) is 0 Å². The van der Waals surface area contributed by atoms with Gasteiger partial charge in [-0.2, -0.15) is 5.21 Å². The van der Waals surface area contributed by atoms with Gasteiger partial charge < -0.3 is 11.1 Å². The fourth-order valence-electron chi connectivity index (χ4n) is 1.13. The molecule has 1 aromatic heterocycles. The molecule has 0 atom stereocenters. The molecule has 4 N–H and O–H groups in total. The van der Waals surface area contributed by atoms with Crippen LogP contribution in [-0.2, 0) is 6.54 Å². The molecule has 0 aliphatic rings. The van der Waals surface area contributed by atoms with Crippen molar-refractivity contribution in [1.82, 2.24) is 20.6 Å². The van der Waals surface area contributed by atoms with Crippen molar-refractivity contribution >= 4 is 27.3 Å². The van der Waals surface area contributed by atoms with E-state index in [1.165, 1.54) is 0 Å². The van der Waals surface area contributed by atoms with Gasteiger partial charge in [-0.15, -0.1) is 10.2 Å². The van der Waals surface area contributed by atoms with E-state index in [1.807, 2.05) is 18.2 Å². The summed E-state index contributed by atoms with van der Waals surface area (Å²) in [6, 6.07) is 5.63. The van der Waals surface area contributed by atoms with Crippen LogP contribution in [0.4, 0.5) is 11.4 Å². The van der Waals surface area contributed by atoms with Gasteiger partial charge in [0.1, 0.15) is 0 Å². The summed E-state index contributed by atoms with van der Waals surface area (Å²) in [5.41, 5.74) is 7.33. The Hall–Kier alpha value is -1.63. The molecule has 7 heteroatoms. The summed E-state index contributed by atoms with van der Waals surface area (Å²) >= 11 is 3.34. The molecular formula is C8H9BrN6. The van der Waals surface area contributed by atoms with Crippen molar-refractivity contribution in [3.63, 3.8) is 0 Å². The van der Waals surface area contributed by atoms with Crippen molar-refractivity contribution in [1.29, 1.82) is 0 Å². The van der Waals surface area contributed by atoms with E-state index in [9.17, 15) is 0 Å². The standard InChI is InChI=1S/C8H9BrN6/c9-5-1-2-7(6(10)3-5)11-4-8-12-14-15-13-8/h1-3,11H,4,10H2,(H,12,13,14,15). The monoisotopic (exact) mass is 268 g/mol. The quantitative estimate of drug-likeness (QED) is 0.727. The summed E-state index contributed by atoms with van der Waals surface area (Å²) in [7, 11) is 0. The fourth-order valence-corrected chi connectivity index (χ4v) is 1.51. The second-order valence-corrected chi connectivity index (χ2v) is 3.83. The van der Waals surface area contributed by atoms with Crippen LogP contribution in [0, 0.1) is 0 Å². The third-order valence-electron chi connectivity index (χ3n) is 1.84. The Balaban J connectivity index is 2.05. The lowest BCUT2D eigenvalue weighted by Gasteiger charge is -2.07. The number of hydrogen-bond acceptors (Lipinski definition) is 5. The van der Waals surface area contributed by atoms with Crippen LogP contribution in [-0.4, -0.2) is 20.6 Å². The van der Waals surface area contributed by atoms with Gasteiger partial charge in [0.15, 0.2) is 5.82 Å². The van der Waals surface area contributed by atoms with Crippen LogP contribution in [0.5, 0.6) is 0 Å². The van der Waals surface area contributed by atoms with Crippen molar-refractivity contribution < 1.29 is 0 Å². The van der Waals surface area contributed by atoms with E-state index in [4.69, 9.17) is 5.73 Å².